The minimum atomic E-state index is -1.19. The fourth-order valence-corrected chi connectivity index (χ4v) is 1.61. The molecule has 0 aliphatic carbocycles. The summed E-state index contributed by atoms with van der Waals surface area (Å²) in [6, 6.07) is 0. The maximum absolute atomic E-state index is 5.42. The van der Waals surface area contributed by atoms with Gasteiger partial charge in [0.2, 0.25) is 0 Å². The van der Waals surface area contributed by atoms with Gasteiger partial charge < -0.3 is 4.74 Å². The molecule has 0 saturated carbocycles. The molecule has 2 atom stereocenters. The summed E-state index contributed by atoms with van der Waals surface area (Å²) in [6.45, 7) is 11.1. The molecule has 0 aromatic rings. The van der Waals surface area contributed by atoms with Crippen molar-refractivity contribution in [2.75, 3.05) is 0 Å². The molecule has 0 spiro atoms. The van der Waals surface area contributed by atoms with Crippen molar-refractivity contribution in [3.05, 3.63) is 0 Å². The van der Waals surface area contributed by atoms with Crippen molar-refractivity contribution in [2.24, 2.45) is 5.92 Å². The summed E-state index contributed by atoms with van der Waals surface area (Å²) in [7, 11) is -1.19. The molecule has 1 nitrogen and oxygen atoms in total. The number of hydrogen-bond acceptors (Lipinski definition) is 1. The molecule has 1 aliphatic rings. The number of ether oxygens (including phenoxy) is 1. The van der Waals surface area contributed by atoms with E-state index < -0.39 is 8.07 Å². The van der Waals surface area contributed by atoms with Crippen LogP contribution >= 0.6 is 0 Å². The summed E-state index contributed by atoms with van der Waals surface area (Å²) < 4.78 is 5.42. The van der Waals surface area contributed by atoms with Crippen molar-refractivity contribution in [1.29, 1.82) is 0 Å². The van der Waals surface area contributed by atoms with Crippen molar-refractivity contribution < 1.29 is 4.74 Å². The average molecular weight is 182 g/mol. The maximum Gasteiger partial charge on any atom is 0.144 e. The first kappa shape index (κ1) is 9.82. The van der Waals surface area contributed by atoms with Gasteiger partial charge >= 0.3 is 0 Å². The van der Waals surface area contributed by atoms with Gasteiger partial charge in [0.05, 0.1) is 6.10 Å². The van der Waals surface area contributed by atoms with E-state index in [1.165, 1.54) is 0 Å². The van der Waals surface area contributed by atoms with Crippen LogP contribution in [0.1, 0.15) is 13.8 Å². The fourth-order valence-electron chi connectivity index (χ4n) is 1.03. The zero-order chi connectivity index (χ0) is 9.35. The van der Waals surface area contributed by atoms with Gasteiger partial charge in [-0.1, -0.05) is 39.4 Å². The molecule has 12 heavy (non-hydrogen) atoms. The van der Waals surface area contributed by atoms with Crippen LogP contribution in [0.2, 0.25) is 19.6 Å². The third kappa shape index (κ3) is 3.00. The first-order valence-electron chi connectivity index (χ1n) is 4.58. The first-order chi connectivity index (χ1) is 5.40. The third-order valence-corrected chi connectivity index (χ3v) is 2.67. The van der Waals surface area contributed by atoms with Crippen molar-refractivity contribution >= 4 is 8.07 Å². The van der Waals surface area contributed by atoms with Crippen LogP contribution in [-0.2, 0) is 4.74 Å². The lowest BCUT2D eigenvalue weighted by atomic mass is 10.1. The quantitative estimate of drug-likeness (QED) is 0.344. The fraction of sp³-hybridized carbons (Fsp3) is 0.800. The lowest BCUT2D eigenvalue weighted by molar-refractivity contribution is 0.347. The topological polar surface area (TPSA) is 12.5 Å². The van der Waals surface area contributed by atoms with Gasteiger partial charge in [0.15, 0.2) is 0 Å². The molecule has 0 aromatic carbocycles. The smallest absolute Gasteiger partial charge is 0.144 e. The van der Waals surface area contributed by atoms with E-state index in [1.54, 1.807) is 0 Å². The average Bonchev–Trinajstić information content (AvgIpc) is 2.59. The van der Waals surface area contributed by atoms with Crippen LogP contribution in [0.5, 0.6) is 0 Å². The van der Waals surface area contributed by atoms with Gasteiger partial charge in [-0.15, -0.1) is 5.54 Å². The maximum atomic E-state index is 5.42. The second-order valence-corrected chi connectivity index (χ2v) is 9.53. The highest BCUT2D eigenvalue weighted by Gasteiger charge is 2.39. The summed E-state index contributed by atoms with van der Waals surface area (Å²) >= 11 is 0. The molecule has 0 unspecified atom stereocenters. The van der Waals surface area contributed by atoms with Crippen LogP contribution in [0.4, 0.5) is 0 Å². The molecular weight excluding hydrogens is 164 g/mol. The minimum Gasteiger partial charge on any atom is -0.356 e. The molecule has 0 bridgehead atoms. The second-order valence-electron chi connectivity index (χ2n) is 4.78. The van der Waals surface area contributed by atoms with Crippen molar-refractivity contribution in [3.8, 4) is 11.5 Å². The molecule has 1 heterocycles. The molecule has 1 rings (SSSR count). The summed E-state index contributed by atoms with van der Waals surface area (Å²) in [5.41, 5.74) is 3.33. The minimum absolute atomic E-state index is 0.247. The van der Waals surface area contributed by atoms with Gasteiger partial charge in [0, 0.05) is 0 Å². The van der Waals surface area contributed by atoms with Gasteiger partial charge in [0.1, 0.15) is 14.2 Å². The van der Waals surface area contributed by atoms with Crippen LogP contribution in [0, 0.1) is 17.4 Å². The molecule has 0 radical (unpaired) electrons. The first-order valence-corrected chi connectivity index (χ1v) is 8.08. The highest BCUT2D eigenvalue weighted by Crippen LogP contribution is 2.28. The van der Waals surface area contributed by atoms with Gasteiger partial charge in [-0.25, -0.2) is 0 Å². The van der Waals surface area contributed by atoms with Gasteiger partial charge in [-0.05, 0) is 5.92 Å². The third-order valence-electron chi connectivity index (χ3n) is 1.77. The number of epoxide rings is 1. The van der Waals surface area contributed by atoms with Gasteiger partial charge in [-0.3, -0.25) is 0 Å². The van der Waals surface area contributed by atoms with Crippen molar-refractivity contribution in [2.45, 2.75) is 45.7 Å². The standard InChI is InChI=1S/C10H18OSi/c1-8(2)10-9(11-10)6-7-12(3,4)5/h8-10H,1-5H3/t9-,10-/m1/s1. The van der Waals surface area contributed by atoms with Crippen LogP contribution in [0.25, 0.3) is 0 Å². The SMILES string of the molecule is CC(C)[C@H]1O[C@@H]1C#C[Si](C)(C)C. The zero-order valence-corrected chi connectivity index (χ0v) is 9.64. The summed E-state index contributed by atoms with van der Waals surface area (Å²) in [5.74, 6) is 3.83. The van der Waals surface area contributed by atoms with E-state index in [9.17, 15) is 0 Å². The van der Waals surface area contributed by atoms with Gasteiger partial charge in [-0.2, -0.15) is 0 Å². The van der Waals surface area contributed by atoms with Crippen LogP contribution in [-0.4, -0.2) is 20.3 Å². The van der Waals surface area contributed by atoms with Crippen molar-refractivity contribution in [3.63, 3.8) is 0 Å². The van der Waals surface area contributed by atoms with E-state index in [-0.39, 0.29) is 6.10 Å². The second kappa shape index (κ2) is 3.24. The highest BCUT2D eigenvalue weighted by molar-refractivity contribution is 6.83. The van der Waals surface area contributed by atoms with E-state index >= 15 is 0 Å². The Morgan fingerprint density at radius 2 is 1.83 bits per heavy atom. The van der Waals surface area contributed by atoms with Crippen molar-refractivity contribution in [1.82, 2.24) is 0 Å². The Hall–Kier alpha value is -0.263. The van der Waals surface area contributed by atoms with E-state index in [0.29, 0.717) is 12.0 Å². The number of hydrogen-bond donors (Lipinski definition) is 0. The molecule has 0 amide bonds. The summed E-state index contributed by atoms with van der Waals surface area (Å²) in [4.78, 5) is 0. The predicted molar refractivity (Wildman–Crippen MR) is 54.6 cm³/mol. The summed E-state index contributed by atoms with van der Waals surface area (Å²) in [6.07, 6.45) is 0.658. The van der Waals surface area contributed by atoms with Crippen LogP contribution in [0.15, 0.2) is 0 Å². The molecule has 1 aliphatic heterocycles. The molecule has 1 saturated heterocycles. The molecule has 0 N–H and O–H groups in total. The van der Waals surface area contributed by atoms with E-state index in [2.05, 4.69) is 45.0 Å². The molecule has 1 fully saturated rings. The lowest BCUT2D eigenvalue weighted by Crippen LogP contribution is -2.16. The van der Waals surface area contributed by atoms with E-state index in [1.807, 2.05) is 0 Å². The molecule has 2 heteroatoms. The Labute approximate surface area is 76.5 Å². The van der Waals surface area contributed by atoms with Crippen LogP contribution < -0.4 is 0 Å². The molecule has 68 valence electrons. The Kier molecular flexibility index (Phi) is 2.65. The largest absolute Gasteiger partial charge is 0.356 e. The Morgan fingerprint density at radius 1 is 1.25 bits per heavy atom. The predicted octanol–water partition coefficient (Wildman–Crippen LogP) is 2.29. The summed E-state index contributed by atoms with van der Waals surface area (Å²) in [5, 5.41) is 0. The number of rotatable bonds is 1. The van der Waals surface area contributed by atoms with Crippen LogP contribution in [0.3, 0.4) is 0 Å². The van der Waals surface area contributed by atoms with Gasteiger partial charge in [0.25, 0.3) is 0 Å². The van der Waals surface area contributed by atoms with E-state index in [4.69, 9.17) is 4.74 Å². The van der Waals surface area contributed by atoms with E-state index in [0.717, 1.165) is 0 Å². The highest BCUT2D eigenvalue weighted by atomic mass is 28.3. The lowest BCUT2D eigenvalue weighted by Gasteiger charge is -2.02. The normalized spacial score (nSPS) is 28.2. The zero-order valence-electron chi connectivity index (χ0n) is 8.64. The molecule has 0 aromatic heterocycles. The Morgan fingerprint density at radius 3 is 2.17 bits per heavy atom. The Bertz CT molecular complexity index is 216. The molecular formula is C10H18OSi. The monoisotopic (exact) mass is 182 g/mol. The Balaban J connectivity index is 2.40.